The molecule has 0 bridgehead atoms. The van der Waals surface area contributed by atoms with E-state index in [4.69, 9.17) is 9.47 Å². The van der Waals surface area contributed by atoms with Crippen molar-refractivity contribution < 1.29 is 14.3 Å². The third-order valence-electron chi connectivity index (χ3n) is 2.50. The highest BCUT2D eigenvalue weighted by atomic mass is 16.6. The molecule has 0 spiro atoms. The minimum atomic E-state index is -0.368. The van der Waals surface area contributed by atoms with E-state index in [1.165, 1.54) is 0 Å². The zero-order valence-electron chi connectivity index (χ0n) is 12.7. The molecule has 5 nitrogen and oxygen atoms in total. The van der Waals surface area contributed by atoms with E-state index in [1.807, 2.05) is 32.9 Å². The van der Waals surface area contributed by atoms with Crippen LogP contribution in [0, 0.1) is 6.92 Å². The van der Waals surface area contributed by atoms with Crippen LogP contribution in [0.4, 0.5) is 0 Å². The van der Waals surface area contributed by atoms with Gasteiger partial charge in [-0.3, -0.25) is 4.98 Å². The summed E-state index contributed by atoms with van der Waals surface area (Å²) in [7, 11) is 0. The first kappa shape index (κ1) is 16.4. The van der Waals surface area contributed by atoms with Gasteiger partial charge in [0, 0.05) is 12.2 Å². The van der Waals surface area contributed by atoms with Gasteiger partial charge in [-0.25, -0.2) is 4.79 Å². The number of carbonyl (C=O) groups is 1. The summed E-state index contributed by atoms with van der Waals surface area (Å²) >= 11 is 0. The normalized spacial score (nSPS) is 10.7. The van der Waals surface area contributed by atoms with Crippen LogP contribution in [-0.4, -0.2) is 30.2 Å². The molecule has 0 radical (unpaired) electrons. The highest BCUT2D eigenvalue weighted by Crippen LogP contribution is 2.17. The third-order valence-corrected chi connectivity index (χ3v) is 2.50. The van der Waals surface area contributed by atoms with Crippen LogP contribution in [0.2, 0.25) is 0 Å². The van der Waals surface area contributed by atoms with Crippen LogP contribution in [0.1, 0.15) is 38.6 Å². The molecule has 0 aliphatic heterocycles. The Kier molecular flexibility index (Phi) is 7.01. The van der Waals surface area contributed by atoms with E-state index >= 15 is 0 Å². The van der Waals surface area contributed by atoms with Crippen molar-refractivity contribution in [2.24, 2.45) is 0 Å². The molecular formula is C15H24N2O3. The van der Waals surface area contributed by atoms with Crippen LogP contribution in [0.25, 0.3) is 0 Å². The van der Waals surface area contributed by atoms with Gasteiger partial charge in [0.25, 0.3) is 0 Å². The van der Waals surface area contributed by atoms with Gasteiger partial charge in [-0.1, -0.05) is 6.92 Å². The Labute approximate surface area is 120 Å². The number of ether oxygens (including phenoxy) is 2. The lowest BCUT2D eigenvalue weighted by Gasteiger charge is -2.13. The molecule has 0 unspecified atom stereocenters. The Balaban J connectivity index is 2.61. The zero-order chi connectivity index (χ0) is 15.0. The van der Waals surface area contributed by atoms with Gasteiger partial charge >= 0.3 is 5.97 Å². The van der Waals surface area contributed by atoms with Crippen LogP contribution in [-0.2, 0) is 16.1 Å². The highest BCUT2D eigenvalue weighted by molar-refractivity contribution is 5.71. The van der Waals surface area contributed by atoms with Crippen LogP contribution < -0.4 is 10.1 Å². The summed E-state index contributed by atoms with van der Waals surface area (Å²) in [4.78, 5) is 15.9. The number of pyridine rings is 1. The van der Waals surface area contributed by atoms with Crippen LogP contribution in [0.3, 0.4) is 0 Å². The topological polar surface area (TPSA) is 60.5 Å². The third kappa shape index (κ3) is 6.02. The SMILES string of the molecule is CCCNCc1nc(C)ccc1OCC(=O)OC(C)C. The first-order valence-electron chi connectivity index (χ1n) is 7.02. The van der Waals surface area contributed by atoms with E-state index in [2.05, 4.69) is 17.2 Å². The number of esters is 1. The molecule has 0 aliphatic carbocycles. The predicted octanol–water partition coefficient (Wildman–Crippen LogP) is 2.22. The summed E-state index contributed by atoms with van der Waals surface area (Å²) in [5, 5.41) is 3.28. The molecule has 0 aliphatic rings. The first-order valence-corrected chi connectivity index (χ1v) is 7.02. The van der Waals surface area contributed by atoms with E-state index in [9.17, 15) is 4.79 Å². The van der Waals surface area contributed by atoms with Crippen molar-refractivity contribution in [3.8, 4) is 5.75 Å². The highest BCUT2D eigenvalue weighted by Gasteiger charge is 2.10. The van der Waals surface area contributed by atoms with E-state index in [1.54, 1.807) is 0 Å². The van der Waals surface area contributed by atoms with E-state index in [-0.39, 0.29) is 18.7 Å². The largest absolute Gasteiger partial charge is 0.480 e. The van der Waals surface area contributed by atoms with E-state index in [0.717, 1.165) is 24.4 Å². The fourth-order valence-corrected chi connectivity index (χ4v) is 1.67. The minimum absolute atomic E-state index is 0.0936. The Morgan fingerprint density at radius 1 is 1.40 bits per heavy atom. The summed E-state index contributed by atoms with van der Waals surface area (Å²) in [6.45, 7) is 9.12. The number of aryl methyl sites for hydroxylation is 1. The van der Waals surface area contributed by atoms with Crippen LogP contribution in [0.5, 0.6) is 5.75 Å². The lowest BCUT2D eigenvalue weighted by Crippen LogP contribution is -2.20. The first-order chi connectivity index (χ1) is 9.52. The molecule has 1 heterocycles. The second-order valence-corrected chi connectivity index (χ2v) is 4.90. The Morgan fingerprint density at radius 3 is 2.80 bits per heavy atom. The molecule has 0 aromatic carbocycles. The Morgan fingerprint density at radius 2 is 2.15 bits per heavy atom. The number of rotatable bonds is 8. The van der Waals surface area contributed by atoms with Crippen molar-refractivity contribution in [1.82, 2.24) is 10.3 Å². The van der Waals surface area contributed by atoms with Crippen molar-refractivity contribution in [1.29, 1.82) is 0 Å². The van der Waals surface area contributed by atoms with Crippen LogP contribution >= 0.6 is 0 Å². The van der Waals surface area contributed by atoms with E-state index < -0.39 is 0 Å². The molecule has 1 aromatic heterocycles. The fourth-order valence-electron chi connectivity index (χ4n) is 1.67. The number of hydrogen-bond donors (Lipinski definition) is 1. The minimum Gasteiger partial charge on any atom is -0.480 e. The van der Waals surface area contributed by atoms with Gasteiger partial charge < -0.3 is 14.8 Å². The molecule has 1 rings (SSSR count). The molecule has 5 heteroatoms. The Bertz CT molecular complexity index is 433. The molecule has 0 saturated heterocycles. The molecular weight excluding hydrogens is 256 g/mol. The van der Waals surface area contributed by atoms with E-state index in [0.29, 0.717) is 12.3 Å². The van der Waals surface area contributed by atoms with Crippen LogP contribution in [0.15, 0.2) is 12.1 Å². The number of carbonyl (C=O) groups excluding carboxylic acids is 1. The van der Waals surface area contributed by atoms with Gasteiger partial charge in [0.15, 0.2) is 6.61 Å². The lowest BCUT2D eigenvalue weighted by atomic mass is 10.2. The van der Waals surface area contributed by atoms with Gasteiger partial charge in [0.1, 0.15) is 5.75 Å². The maximum Gasteiger partial charge on any atom is 0.344 e. The summed E-state index contributed by atoms with van der Waals surface area (Å²) in [6, 6.07) is 3.71. The molecule has 0 fully saturated rings. The summed E-state index contributed by atoms with van der Waals surface area (Å²) in [6.07, 6.45) is 0.927. The van der Waals surface area contributed by atoms with Crippen molar-refractivity contribution in [2.45, 2.75) is 46.8 Å². The standard InChI is InChI=1S/C15H24N2O3/c1-5-8-16-9-13-14(7-6-12(4)17-13)19-10-15(18)20-11(2)3/h6-7,11,16H,5,8-10H2,1-4H3. The second-order valence-electron chi connectivity index (χ2n) is 4.90. The van der Waals surface area contributed by atoms with Crippen molar-refractivity contribution in [2.75, 3.05) is 13.2 Å². The number of nitrogens with one attached hydrogen (secondary N) is 1. The molecule has 112 valence electrons. The number of hydrogen-bond acceptors (Lipinski definition) is 5. The van der Waals surface area contributed by atoms with Gasteiger partial charge in [-0.2, -0.15) is 0 Å². The average Bonchev–Trinajstić information content (AvgIpc) is 2.37. The summed E-state index contributed by atoms with van der Waals surface area (Å²) < 4.78 is 10.5. The maximum atomic E-state index is 11.5. The summed E-state index contributed by atoms with van der Waals surface area (Å²) in [5.41, 5.74) is 1.74. The van der Waals surface area contributed by atoms with Gasteiger partial charge in [0.05, 0.1) is 11.8 Å². The van der Waals surface area contributed by atoms with Gasteiger partial charge in [-0.15, -0.1) is 0 Å². The number of nitrogens with zero attached hydrogens (tertiary/aromatic N) is 1. The molecule has 0 atom stereocenters. The smallest absolute Gasteiger partial charge is 0.344 e. The maximum absolute atomic E-state index is 11.5. The number of aromatic nitrogens is 1. The molecule has 0 saturated carbocycles. The molecule has 1 aromatic rings. The second kappa shape index (κ2) is 8.53. The molecule has 1 N–H and O–H groups in total. The van der Waals surface area contributed by atoms with Crippen molar-refractivity contribution in [3.05, 3.63) is 23.5 Å². The predicted molar refractivity (Wildman–Crippen MR) is 77.7 cm³/mol. The zero-order valence-corrected chi connectivity index (χ0v) is 12.7. The quantitative estimate of drug-likeness (QED) is 0.584. The lowest BCUT2D eigenvalue weighted by molar-refractivity contribution is -0.149. The average molecular weight is 280 g/mol. The molecule has 0 amide bonds. The monoisotopic (exact) mass is 280 g/mol. The summed E-state index contributed by atoms with van der Waals surface area (Å²) in [5.74, 6) is 0.257. The van der Waals surface area contributed by atoms with Gasteiger partial charge in [0.2, 0.25) is 0 Å². The van der Waals surface area contributed by atoms with Crippen molar-refractivity contribution in [3.63, 3.8) is 0 Å². The fraction of sp³-hybridized carbons (Fsp3) is 0.600. The Hall–Kier alpha value is -1.62. The van der Waals surface area contributed by atoms with Crippen molar-refractivity contribution >= 4 is 5.97 Å². The molecule has 20 heavy (non-hydrogen) atoms. The van der Waals surface area contributed by atoms with Gasteiger partial charge in [-0.05, 0) is 45.9 Å².